The lowest BCUT2D eigenvalue weighted by atomic mass is 10.0. The molecular weight excluding hydrogens is 329 g/mol. The Kier molecular flexibility index (Phi) is 4.65. The quantitative estimate of drug-likeness (QED) is 0.599. The molecule has 114 valence electrons. The van der Waals surface area contributed by atoms with Gasteiger partial charge in [0.15, 0.2) is 0 Å². The van der Waals surface area contributed by atoms with Crippen LogP contribution in [0.15, 0.2) is 66.7 Å². The van der Waals surface area contributed by atoms with Gasteiger partial charge in [0.05, 0.1) is 15.7 Å². The standard InChI is InChI=1S/C19H13Cl2NO/c20-16-9-4-10-17(19(16)21)22-18(23)12-11-14-7-3-6-13-5-1-2-8-15(13)14/h1-12H,(H,22,23)/b12-11+. The fourth-order valence-electron chi connectivity index (χ4n) is 2.34. The first-order chi connectivity index (χ1) is 11.1. The van der Waals surface area contributed by atoms with Crippen molar-refractivity contribution in [2.45, 2.75) is 0 Å². The summed E-state index contributed by atoms with van der Waals surface area (Å²) in [5, 5.41) is 5.70. The van der Waals surface area contributed by atoms with E-state index in [1.807, 2.05) is 42.5 Å². The van der Waals surface area contributed by atoms with Crippen LogP contribution < -0.4 is 5.32 Å². The van der Waals surface area contributed by atoms with Crippen LogP contribution in [0.4, 0.5) is 5.69 Å². The SMILES string of the molecule is O=C(/C=C/c1cccc2ccccc12)Nc1cccc(Cl)c1Cl. The highest BCUT2D eigenvalue weighted by Crippen LogP contribution is 2.29. The first kappa shape index (κ1) is 15.6. The summed E-state index contributed by atoms with van der Waals surface area (Å²) in [7, 11) is 0. The zero-order valence-electron chi connectivity index (χ0n) is 12.1. The van der Waals surface area contributed by atoms with Gasteiger partial charge >= 0.3 is 0 Å². The third-order valence-electron chi connectivity index (χ3n) is 3.45. The molecule has 0 aliphatic rings. The van der Waals surface area contributed by atoms with Crippen molar-refractivity contribution in [3.63, 3.8) is 0 Å². The monoisotopic (exact) mass is 341 g/mol. The summed E-state index contributed by atoms with van der Waals surface area (Å²) >= 11 is 12.0. The molecule has 3 aromatic carbocycles. The van der Waals surface area contributed by atoms with Crippen LogP contribution in [0.3, 0.4) is 0 Å². The van der Waals surface area contributed by atoms with Gasteiger partial charge in [-0.1, -0.05) is 71.7 Å². The number of carbonyl (C=O) groups is 1. The summed E-state index contributed by atoms with van der Waals surface area (Å²) in [6.07, 6.45) is 3.27. The van der Waals surface area contributed by atoms with E-state index in [9.17, 15) is 4.79 Å². The molecule has 0 spiro atoms. The maximum Gasteiger partial charge on any atom is 0.248 e. The van der Waals surface area contributed by atoms with Gasteiger partial charge in [0.25, 0.3) is 0 Å². The van der Waals surface area contributed by atoms with Gasteiger partial charge < -0.3 is 5.32 Å². The van der Waals surface area contributed by atoms with Gasteiger partial charge in [-0.2, -0.15) is 0 Å². The molecule has 0 radical (unpaired) electrons. The van der Waals surface area contributed by atoms with Gasteiger partial charge in [-0.05, 0) is 34.5 Å². The maximum absolute atomic E-state index is 12.1. The normalized spacial score (nSPS) is 11.0. The van der Waals surface area contributed by atoms with Gasteiger partial charge in [0, 0.05) is 6.08 Å². The fourth-order valence-corrected chi connectivity index (χ4v) is 2.68. The summed E-state index contributed by atoms with van der Waals surface area (Å²) in [5.74, 6) is -0.262. The Bertz CT molecular complexity index is 898. The smallest absolute Gasteiger partial charge is 0.248 e. The van der Waals surface area contributed by atoms with Gasteiger partial charge in [-0.15, -0.1) is 0 Å². The minimum atomic E-state index is -0.262. The van der Waals surface area contributed by atoms with E-state index in [0.717, 1.165) is 16.3 Å². The van der Waals surface area contributed by atoms with Gasteiger partial charge in [-0.3, -0.25) is 4.79 Å². The molecule has 0 aromatic heterocycles. The third kappa shape index (κ3) is 3.55. The predicted molar refractivity (Wildman–Crippen MR) is 98.1 cm³/mol. The van der Waals surface area contributed by atoms with Crippen LogP contribution in [0.2, 0.25) is 10.0 Å². The van der Waals surface area contributed by atoms with Crippen LogP contribution in [0.5, 0.6) is 0 Å². The lowest BCUT2D eigenvalue weighted by molar-refractivity contribution is -0.111. The van der Waals surface area contributed by atoms with E-state index in [1.54, 1.807) is 24.3 Å². The number of carbonyl (C=O) groups excluding carboxylic acids is 1. The molecule has 0 fully saturated rings. The second-order valence-corrected chi connectivity index (χ2v) is 5.78. The van der Waals surface area contributed by atoms with Crippen molar-refractivity contribution in [1.29, 1.82) is 0 Å². The highest BCUT2D eigenvalue weighted by molar-refractivity contribution is 6.44. The largest absolute Gasteiger partial charge is 0.321 e. The number of halogens is 2. The second kappa shape index (κ2) is 6.86. The molecule has 4 heteroatoms. The zero-order valence-corrected chi connectivity index (χ0v) is 13.6. The summed E-state index contributed by atoms with van der Waals surface area (Å²) in [6, 6.07) is 19.1. The van der Waals surface area contributed by atoms with Crippen molar-refractivity contribution in [2.75, 3.05) is 5.32 Å². The molecule has 3 aromatic rings. The van der Waals surface area contributed by atoms with Gasteiger partial charge in [0.2, 0.25) is 5.91 Å². The third-order valence-corrected chi connectivity index (χ3v) is 4.27. The Morgan fingerprint density at radius 3 is 2.52 bits per heavy atom. The molecule has 0 atom stereocenters. The van der Waals surface area contributed by atoms with Crippen molar-refractivity contribution in [1.82, 2.24) is 0 Å². The van der Waals surface area contributed by atoms with Gasteiger partial charge in [-0.25, -0.2) is 0 Å². The van der Waals surface area contributed by atoms with Crippen LogP contribution in [0.25, 0.3) is 16.8 Å². The Labute approximate surface area is 144 Å². The van der Waals surface area contributed by atoms with E-state index in [2.05, 4.69) is 5.32 Å². The zero-order chi connectivity index (χ0) is 16.2. The van der Waals surface area contributed by atoms with Crippen LogP contribution in [0, 0.1) is 0 Å². The number of nitrogens with one attached hydrogen (secondary N) is 1. The molecule has 2 nitrogen and oxygen atoms in total. The van der Waals surface area contributed by atoms with Crippen LogP contribution in [-0.2, 0) is 4.79 Å². The van der Waals surface area contributed by atoms with Crippen molar-refractivity contribution in [3.05, 3.63) is 82.3 Å². The number of fused-ring (bicyclic) bond motifs is 1. The van der Waals surface area contributed by atoms with E-state index in [0.29, 0.717) is 15.7 Å². The molecule has 0 bridgehead atoms. The molecule has 0 unspecified atom stereocenters. The summed E-state index contributed by atoms with van der Waals surface area (Å²) in [4.78, 5) is 12.1. The second-order valence-electron chi connectivity index (χ2n) is 4.99. The van der Waals surface area contributed by atoms with Crippen molar-refractivity contribution < 1.29 is 4.79 Å². The van der Waals surface area contributed by atoms with E-state index in [4.69, 9.17) is 23.2 Å². The average molecular weight is 342 g/mol. The Morgan fingerprint density at radius 2 is 1.65 bits per heavy atom. The van der Waals surface area contributed by atoms with Crippen LogP contribution in [-0.4, -0.2) is 5.91 Å². The first-order valence-corrected chi connectivity index (χ1v) is 7.81. The number of hydrogen-bond donors (Lipinski definition) is 1. The molecule has 3 rings (SSSR count). The predicted octanol–water partition coefficient (Wildman–Crippen LogP) is 5.80. The van der Waals surface area contributed by atoms with Crippen molar-refractivity contribution in [3.8, 4) is 0 Å². The molecular formula is C19H13Cl2NO. The number of amides is 1. The molecule has 0 saturated heterocycles. The summed E-state index contributed by atoms with van der Waals surface area (Å²) in [6.45, 7) is 0. The molecule has 0 aliphatic carbocycles. The molecule has 0 heterocycles. The fraction of sp³-hybridized carbons (Fsp3) is 0. The first-order valence-electron chi connectivity index (χ1n) is 7.06. The van der Waals surface area contributed by atoms with E-state index >= 15 is 0 Å². The number of rotatable bonds is 3. The summed E-state index contributed by atoms with van der Waals surface area (Å²) in [5.41, 5.74) is 1.47. The topological polar surface area (TPSA) is 29.1 Å². The average Bonchev–Trinajstić information content (AvgIpc) is 2.57. The van der Waals surface area contributed by atoms with Crippen LogP contribution in [0.1, 0.15) is 5.56 Å². The highest BCUT2D eigenvalue weighted by atomic mass is 35.5. The van der Waals surface area contributed by atoms with Gasteiger partial charge in [0.1, 0.15) is 0 Å². The molecule has 0 aliphatic heterocycles. The van der Waals surface area contributed by atoms with Crippen molar-refractivity contribution in [2.24, 2.45) is 0 Å². The lowest BCUT2D eigenvalue weighted by Crippen LogP contribution is -2.08. The van der Waals surface area contributed by atoms with E-state index in [1.165, 1.54) is 6.08 Å². The Balaban J connectivity index is 1.82. The Morgan fingerprint density at radius 1 is 0.913 bits per heavy atom. The Hall–Kier alpha value is -2.29. The summed E-state index contributed by atoms with van der Waals surface area (Å²) < 4.78 is 0. The number of anilines is 1. The minimum Gasteiger partial charge on any atom is -0.321 e. The van der Waals surface area contributed by atoms with E-state index in [-0.39, 0.29) is 5.91 Å². The highest BCUT2D eigenvalue weighted by Gasteiger charge is 2.06. The van der Waals surface area contributed by atoms with E-state index < -0.39 is 0 Å². The number of hydrogen-bond acceptors (Lipinski definition) is 1. The molecule has 23 heavy (non-hydrogen) atoms. The lowest BCUT2D eigenvalue weighted by Gasteiger charge is -2.06. The van der Waals surface area contributed by atoms with Crippen molar-refractivity contribution >= 4 is 51.6 Å². The maximum atomic E-state index is 12.1. The number of benzene rings is 3. The molecule has 1 amide bonds. The molecule has 1 N–H and O–H groups in total. The molecule has 0 saturated carbocycles. The minimum absolute atomic E-state index is 0.262. The van der Waals surface area contributed by atoms with Crippen LogP contribution >= 0.6 is 23.2 Å².